The van der Waals surface area contributed by atoms with E-state index in [2.05, 4.69) is 65.0 Å². The van der Waals surface area contributed by atoms with Crippen molar-refractivity contribution in [2.24, 2.45) is 115 Å². The van der Waals surface area contributed by atoms with Crippen LogP contribution in [0.2, 0.25) is 0 Å². The van der Waals surface area contributed by atoms with E-state index in [0.29, 0.717) is 158 Å². The molecule has 23 rings (SSSR count). The number of primary amides is 3. The van der Waals surface area contributed by atoms with E-state index in [9.17, 15) is 64.2 Å². The van der Waals surface area contributed by atoms with Gasteiger partial charge in [0.1, 0.15) is 46.1 Å². The molecule has 3 unspecified atom stereocenters. The second-order valence-electron chi connectivity index (χ2n) is 43.8. The van der Waals surface area contributed by atoms with Crippen LogP contribution in [0.3, 0.4) is 0 Å². The van der Waals surface area contributed by atoms with Crippen LogP contribution in [-0.4, -0.2) is 77.6 Å². The fraction of sp³-hybridized carbons (Fsp3) is 0.500. The minimum Gasteiger partial charge on any atom is -0.508 e. The van der Waals surface area contributed by atoms with Gasteiger partial charge in [-0.05, 0) is 454 Å². The third kappa shape index (κ3) is 15.8. The number of aliphatic hydroxyl groups is 1. The summed E-state index contributed by atoms with van der Waals surface area (Å²) in [4.78, 5) is 86.1. The van der Waals surface area contributed by atoms with E-state index in [1.807, 2.05) is 109 Å². The number of rotatable bonds is 8. The van der Waals surface area contributed by atoms with Gasteiger partial charge in [-0.1, -0.05) is 101 Å². The number of phenolic OH excluding ortho intramolecular Hbond substituents is 5. The Hall–Kier alpha value is -10.5. The summed E-state index contributed by atoms with van der Waals surface area (Å²) in [5, 5.41) is 60.3. The van der Waals surface area contributed by atoms with Gasteiger partial charge in [-0.25, -0.2) is 0 Å². The van der Waals surface area contributed by atoms with Crippen LogP contribution in [0.15, 0.2) is 169 Å². The molecule has 16 heteroatoms. The Morgan fingerprint density at radius 3 is 1.13 bits per heavy atom. The minimum atomic E-state index is -0.455. The number of hydrogen-bond donors (Lipinski definition) is 9. The zero-order valence-corrected chi connectivity index (χ0v) is 76.3. The Morgan fingerprint density at radius 2 is 0.715 bits per heavy atom. The van der Waals surface area contributed by atoms with Crippen LogP contribution >= 0.6 is 0 Å². The zero-order chi connectivity index (χ0) is 90.9. The average molecular weight is 1750 g/mol. The number of benzene rings is 8. The SMILES string of the molecule is C[C@@]12CC[C@@H]3c4ccc(O)cc4CC[C@H]3[C@@H]1C/C(=C\c1cccc(C(N)=O)c1)C2=O.C[C@@]12CC[C@@H]3c4ccc(O)cc4CC[C@H]3[C@@H]1CC(Cc1cccc(C(N)=O)c1)C2=O.C[C@@]12CC[C@@H]3c4ccc(O)cc4CC[C@H]3[C@@H]1CC(Cc1cccc(C(N)=O)c1)C2O.C[C@@]12CC[C@@H]3c4ccc(O)cc4CC[C@H]3[C@@H]1CCC2=O.C[C@]12CC[C@@H]3c4ccc(O)cc4CC[C@H]3[C@@H]1CCC2=O. The molecule has 0 aromatic heterocycles. The van der Waals surface area contributed by atoms with Crippen LogP contribution in [0.25, 0.3) is 6.08 Å². The van der Waals surface area contributed by atoms with Crippen molar-refractivity contribution in [3.63, 3.8) is 0 Å². The number of aromatic hydroxyl groups is 5. The van der Waals surface area contributed by atoms with Gasteiger partial charge in [0.25, 0.3) is 0 Å². The third-order valence-electron chi connectivity index (χ3n) is 37.5. The summed E-state index contributed by atoms with van der Waals surface area (Å²) in [6.45, 7) is 11.1. The van der Waals surface area contributed by atoms with Crippen LogP contribution < -0.4 is 17.2 Å². The zero-order valence-electron chi connectivity index (χ0n) is 76.3. The summed E-state index contributed by atoms with van der Waals surface area (Å²) >= 11 is 0. The normalized spacial score (nSPS) is 34.6. The third-order valence-corrected chi connectivity index (χ3v) is 37.5. The van der Waals surface area contributed by atoms with Crippen molar-refractivity contribution in [1.82, 2.24) is 0 Å². The van der Waals surface area contributed by atoms with Gasteiger partial charge in [0.15, 0.2) is 5.78 Å². The standard InChI is InChI=1S/C26H31NO3.C26H29NO3.C26H27NO3.2C18H22O2/c3*1-26-10-9-21-20-8-6-19(28)13-16(20)5-7-22(21)23(26)14-18(24(26)29)12-15-3-2-4-17(11-15)25(27)30;2*1-18-9-8-14-13-5-3-12(19)10-11(13)2-4-15(14)16(18)6-7-17(18)20/h2-4,6,8,11,13,18,21-24,28-29H,5,7,9-10,12,14H2,1H3,(H2,27,30);2-4,6,8,11,13,18,21-23,28H,5,7,9-10,12,14H2,1H3,(H2,27,30);2-4,6,8,11-13,21-23,28H,5,7,9-10,14H2,1H3,(H2,27,30);2*3,5,10,14-16,19H,2,4,6-9H2,1H3/b;;18-12+;;/t18?,21-,22-,23+,24?,26-;18?,21-,22-,23+,26-;21-,22-,23+,26-;14-,15-,16+,18+;14-,15-,16+,18-/m11111/s1. The number of carbonyl (C=O) groups excluding carboxylic acids is 7. The van der Waals surface area contributed by atoms with Crippen molar-refractivity contribution < 1.29 is 64.2 Å². The number of carbonyl (C=O) groups is 7. The van der Waals surface area contributed by atoms with Crippen molar-refractivity contribution in [2.75, 3.05) is 0 Å². The summed E-state index contributed by atoms with van der Waals surface area (Å²) in [6, 6.07) is 51.5. The number of phenols is 5. The second kappa shape index (κ2) is 34.6. The molecule has 0 heterocycles. The fourth-order valence-electron chi connectivity index (χ4n) is 30.9. The largest absolute Gasteiger partial charge is 0.508 e. The maximum absolute atomic E-state index is 13.5. The van der Waals surface area contributed by atoms with Crippen LogP contribution in [0.5, 0.6) is 28.7 Å². The smallest absolute Gasteiger partial charge is 0.248 e. The molecule has 0 saturated heterocycles. The highest BCUT2D eigenvalue weighted by Gasteiger charge is 2.62. The maximum Gasteiger partial charge on any atom is 0.248 e. The number of fused-ring (bicyclic) bond motifs is 25. The molecule has 15 aliphatic carbocycles. The number of Topliss-reactive ketones (excluding diaryl/α,β-unsaturated/α-hetero) is 4. The summed E-state index contributed by atoms with van der Waals surface area (Å²) in [5.74, 6) is 10.6. The predicted molar refractivity (Wildman–Crippen MR) is 503 cm³/mol. The molecule has 0 bridgehead atoms. The fourth-order valence-corrected chi connectivity index (χ4v) is 30.9. The Balaban J connectivity index is 0.000000106. The van der Waals surface area contributed by atoms with Crippen molar-refractivity contribution in [3.05, 3.63) is 258 Å². The van der Waals surface area contributed by atoms with E-state index in [4.69, 9.17) is 17.2 Å². The molecule has 23 atom stereocenters. The van der Waals surface area contributed by atoms with Gasteiger partial charge in [0, 0.05) is 57.1 Å². The van der Waals surface area contributed by atoms with E-state index in [1.54, 1.807) is 30.3 Å². The maximum atomic E-state index is 13.5. The number of hydrogen-bond acceptors (Lipinski definition) is 13. The Labute approximate surface area is 765 Å². The molecular weight excluding hydrogens is 1620 g/mol. The van der Waals surface area contributed by atoms with Gasteiger partial charge in [-0.3, -0.25) is 33.6 Å². The highest BCUT2D eigenvalue weighted by atomic mass is 16.3. The predicted octanol–water partition coefficient (Wildman–Crippen LogP) is 20.8. The molecule has 16 nitrogen and oxygen atoms in total. The number of aliphatic hydroxyl groups excluding tert-OH is 1. The molecule has 0 aliphatic heterocycles. The first-order valence-electron chi connectivity index (χ1n) is 49.1. The molecule has 8 aromatic carbocycles. The van der Waals surface area contributed by atoms with Gasteiger partial charge in [-0.15, -0.1) is 0 Å². The van der Waals surface area contributed by atoms with Crippen molar-refractivity contribution in [2.45, 2.75) is 257 Å². The van der Waals surface area contributed by atoms with Gasteiger partial charge in [-0.2, -0.15) is 0 Å². The number of aryl methyl sites for hydroxylation is 5. The molecule has 680 valence electrons. The molecule has 0 spiro atoms. The summed E-state index contributed by atoms with van der Waals surface area (Å²) in [5.41, 5.74) is 34.6. The van der Waals surface area contributed by atoms with Crippen molar-refractivity contribution in [1.29, 1.82) is 0 Å². The Morgan fingerprint density at radius 1 is 0.362 bits per heavy atom. The monoisotopic (exact) mass is 1750 g/mol. The summed E-state index contributed by atoms with van der Waals surface area (Å²) in [6.07, 6.45) is 30.9. The topological polar surface area (TPSA) is 319 Å². The second-order valence-corrected chi connectivity index (χ2v) is 43.8. The first-order valence-corrected chi connectivity index (χ1v) is 49.1. The van der Waals surface area contributed by atoms with Crippen LogP contribution in [0.1, 0.15) is 309 Å². The van der Waals surface area contributed by atoms with Gasteiger partial charge in [0.2, 0.25) is 17.7 Å². The first kappa shape index (κ1) is 88.8. The number of amides is 3. The lowest BCUT2D eigenvalue weighted by Crippen LogP contribution is -2.44. The number of allylic oxidation sites excluding steroid dienone is 1. The van der Waals surface area contributed by atoms with Crippen LogP contribution in [0, 0.1) is 98.1 Å². The van der Waals surface area contributed by atoms with E-state index in [0.717, 1.165) is 189 Å². The summed E-state index contributed by atoms with van der Waals surface area (Å²) < 4.78 is 0. The van der Waals surface area contributed by atoms with Gasteiger partial charge < -0.3 is 47.8 Å². The lowest BCUT2D eigenvalue weighted by molar-refractivity contribution is -0.132. The first-order chi connectivity index (χ1) is 62.3. The highest BCUT2D eigenvalue weighted by Crippen LogP contribution is 2.67. The van der Waals surface area contributed by atoms with Crippen LogP contribution in [-0.2, 0) is 64.1 Å². The number of nitrogens with two attached hydrogens (primary N) is 3. The van der Waals surface area contributed by atoms with Crippen molar-refractivity contribution in [3.8, 4) is 28.7 Å². The molecule has 15 aliphatic rings. The Bertz CT molecular complexity index is 5760. The summed E-state index contributed by atoms with van der Waals surface area (Å²) in [7, 11) is 0. The molecule has 12 N–H and O–H groups in total. The van der Waals surface area contributed by atoms with E-state index >= 15 is 0 Å². The molecule has 10 fully saturated rings. The van der Waals surface area contributed by atoms with Gasteiger partial charge >= 0.3 is 0 Å². The molecule has 10 saturated carbocycles. The Kier molecular flexibility index (Phi) is 23.6. The minimum absolute atomic E-state index is 0.0168. The lowest BCUT2D eigenvalue weighted by Gasteiger charge is -2.50. The van der Waals surface area contributed by atoms with E-state index < -0.39 is 17.7 Å². The number of ketones is 4. The quantitative estimate of drug-likeness (QED) is 0.0640. The van der Waals surface area contributed by atoms with Crippen LogP contribution in [0.4, 0.5) is 0 Å². The van der Waals surface area contributed by atoms with E-state index in [-0.39, 0.29) is 50.8 Å². The molecule has 130 heavy (non-hydrogen) atoms. The van der Waals surface area contributed by atoms with Gasteiger partial charge in [0.05, 0.1) is 6.10 Å². The molecule has 3 amide bonds. The highest BCUT2D eigenvalue weighted by molar-refractivity contribution is 6.06. The lowest BCUT2D eigenvalue weighted by atomic mass is 9.55. The average Bonchev–Trinajstić information content (AvgIpc) is 1.59. The molecule has 8 aromatic rings. The van der Waals surface area contributed by atoms with E-state index in [1.165, 1.54) is 68.5 Å². The molecule has 0 radical (unpaired) electrons. The molecular formula is C114H131N3O13. The van der Waals surface area contributed by atoms with Crippen molar-refractivity contribution >= 4 is 46.9 Å².